The van der Waals surface area contributed by atoms with Crippen LogP contribution in [-0.2, 0) is 13.0 Å². The number of hydrogen-bond acceptors (Lipinski definition) is 5. The van der Waals surface area contributed by atoms with E-state index >= 15 is 0 Å². The van der Waals surface area contributed by atoms with Gasteiger partial charge < -0.3 is 25.2 Å². The van der Waals surface area contributed by atoms with E-state index in [1.54, 1.807) is 12.1 Å². The van der Waals surface area contributed by atoms with Crippen molar-refractivity contribution in [1.82, 2.24) is 10.2 Å². The first-order valence-corrected chi connectivity index (χ1v) is 17.8. The molecule has 3 aromatic rings. The Labute approximate surface area is 298 Å². The van der Waals surface area contributed by atoms with Crippen LogP contribution in [0.2, 0.25) is 0 Å². The number of nitrogens with one attached hydrogen (secondary N) is 1. The monoisotopic (exact) mass is 706 g/mol. The van der Waals surface area contributed by atoms with Gasteiger partial charge in [-0.15, -0.1) is 13.2 Å². The number of hydrogen-bond donors (Lipinski definition) is 3. The second kappa shape index (κ2) is 15.6. The zero-order valence-corrected chi connectivity index (χ0v) is 29.8. The van der Waals surface area contributed by atoms with E-state index in [9.17, 15) is 33.0 Å². The van der Waals surface area contributed by atoms with Crippen LogP contribution in [0.5, 0.6) is 5.75 Å². The number of ether oxygens (including phenoxy) is 1. The van der Waals surface area contributed by atoms with Crippen LogP contribution in [0.1, 0.15) is 105 Å². The highest BCUT2D eigenvalue weighted by Crippen LogP contribution is 2.59. The summed E-state index contributed by atoms with van der Waals surface area (Å²) in [5.74, 6) is -0.730. The Balaban J connectivity index is 1.55. The highest BCUT2D eigenvalue weighted by molar-refractivity contribution is 6.10. The van der Waals surface area contributed by atoms with Crippen LogP contribution in [-0.4, -0.2) is 57.6 Å². The number of fused-ring (bicyclic) bond motifs is 8. The van der Waals surface area contributed by atoms with Gasteiger partial charge in [-0.3, -0.25) is 4.79 Å². The van der Waals surface area contributed by atoms with Crippen LogP contribution >= 0.6 is 0 Å². The molecule has 2 amide bonds. The Kier molecular flexibility index (Phi) is 11.7. The fourth-order valence-electron chi connectivity index (χ4n) is 7.81. The number of allylic oxidation sites excluding steroid dienone is 2. The van der Waals surface area contributed by atoms with Crippen molar-refractivity contribution in [2.45, 2.75) is 109 Å². The molecule has 6 rings (SSSR count). The van der Waals surface area contributed by atoms with Crippen LogP contribution in [0, 0.1) is 5.41 Å². The largest absolute Gasteiger partial charge is 0.573 e. The molecule has 0 aromatic heterocycles. The van der Waals surface area contributed by atoms with Crippen LogP contribution in [0.3, 0.4) is 0 Å². The van der Waals surface area contributed by atoms with Crippen LogP contribution < -0.4 is 10.1 Å². The van der Waals surface area contributed by atoms with Crippen molar-refractivity contribution in [3.63, 3.8) is 0 Å². The van der Waals surface area contributed by atoms with Gasteiger partial charge in [-0.2, -0.15) is 0 Å². The molecular weight excluding hydrogens is 657 g/mol. The van der Waals surface area contributed by atoms with E-state index in [1.807, 2.05) is 57.2 Å². The first kappa shape index (κ1) is 38.1. The summed E-state index contributed by atoms with van der Waals surface area (Å²) in [7, 11) is 0. The number of alkyl halides is 3. The summed E-state index contributed by atoms with van der Waals surface area (Å²) in [4.78, 5) is 29.4. The van der Waals surface area contributed by atoms with Gasteiger partial charge in [-0.1, -0.05) is 73.2 Å². The Morgan fingerprint density at radius 2 is 1.73 bits per heavy atom. The molecule has 0 radical (unpaired) electrons. The maximum Gasteiger partial charge on any atom is 0.573 e. The zero-order valence-electron chi connectivity index (χ0n) is 29.8. The number of urea groups is 1. The lowest BCUT2D eigenvalue weighted by molar-refractivity contribution is -0.274. The topological polar surface area (TPSA) is 99.1 Å². The predicted octanol–water partition coefficient (Wildman–Crippen LogP) is 8.47. The second-order valence-electron chi connectivity index (χ2n) is 14.8. The third-order valence-corrected chi connectivity index (χ3v) is 10.6. The van der Waals surface area contributed by atoms with E-state index in [0.717, 1.165) is 23.1 Å². The summed E-state index contributed by atoms with van der Waals surface area (Å²) < 4.78 is 42.4. The number of amides is 2. The fraction of sp³-hybridized carbons (Fsp3) is 0.463. The number of nitrogens with zero attached hydrogens (tertiary/aromatic N) is 1. The molecule has 7 nitrogen and oxygen atoms in total. The third-order valence-electron chi connectivity index (χ3n) is 10.6. The lowest BCUT2D eigenvalue weighted by atomic mass is 9.64. The van der Waals surface area contributed by atoms with Gasteiger partial charge in [-0.05, 0) is 107 Å². The maximum atomic E-state index is 14.2. The Hall–Kier alpha value is -4.15. The lowest BCUT2D eigenvalue weighted by Crippen LogP contribution is -2.55. The Morgan fingerprint density at radius 3 is 2.39 bits per heavy atom. The molecule has 3 N–H and O–H groups in total. The van der Waals surface area contributed by atoms with E-state index in [2.05, 4.69) is 23.1 Å². The van der Waals surface area contributed by atoms with Crippen molar-refractivity contribution < 1.29 is 37.7 Å². The SMILES string of the molecule is CC1=CCC[C@@]2(C)[C@@H](CC[C@@]2(O)CN(Cc2ccc(OC(F)(F)F)cc2)C(=O)NC(C)C)c2ccc(cc2C(=O)c2ccccc2)C[C@@H](O)CC1. The van der Waals surface area contributed by atoms with Crippen molar-refractivity contribution in [1.29, 1.82) is 0 Å². The van der Waals surface area contributed by atoms with Crippen molar-refractivity contribution >= 4 is 11.8 Å². The van der Waals surface area contributed by atoms with E-state index in [-0.39, 0.29) is 36.6 Å². The van der Waals surface area contributed by atoms with Gasteiger partial charge in [0, 0.05) is 29.1 Å². The second-order valence-corrected chi connectivity index (χ2v) is 14.8. The van der Waals surface area contributed by atoms with Crippen LogP contribution in [0.4, 0.5) is 18.0 Å². The predicted molar refractivity (Wildman–Crippen MR) is 190 cm³/mol. The summed E-state index contributed by atoms with van der Waals surface area (Å²) >= 11 is 0. The Bertz CT molecular complexity index is 1710. The third kappa shape index (κ3) is 9.21. The summed E-state index contributed by atoms with van der Waals surface area (Å²) in [6, 6.07) is 19.7. The molecular formula is C41H49F3N2O5. The van der Waals surface area contributed by atoms with Gasteiger partial charge in [0.05, 0.1) is 18.2 Å². The first-order valence-electron chi connectivity index (χ1n) is 17.8. The molecule has 0 aliphatic heterocycles. The molecule has 0 saturated heterocycles. The molecule has 1 fully saturated rings. The van der Waals surface area contributed by atoms with E-state index in [1.165, 1.54) is 29.2 Å². The number of aliphatic hydroxyl groups excluding tert-OH is 1. The van der Waals surface area contributed by atoms with Gasteiger partial charge in [0.2, 0.25) is 0 Å². The minimum atomic E-state index is -4.82. The average molecular weight is 707 g/mol. The average Bonchev–Trinajstić information content (AvgIpc) is 3.32. The minimum Gasteiger partial charge on any atom is -0.406 e. The lowest BCUT2D eigenvalue weighted by Gasteiger charge is -2.46. The van der Waals surface area contributed by atoms with E-state index in [4.69, 9.17) is 0 Å². The van der Waals surface area contributed by atoms with Crippen LogP contribution in [0.25, 0.3) is 0 Å². The number of rotatable bonds is 8. The number of carbonyl (C=O) groups is 2. The quantitative estimate of drug-likeness (QED) is 0.161. The van der Waals surface area contributed by atoms with Gasteiger partial charge >= 0.3 is 12.4 Å². The smallest absolute Gasteiger partial charge is 0.406 e. The van der Waals surface area contributed by atoms with Gasteiger partial charge in [0.25, 0.3) is 0 Å². The highest BCUT2D eigenvalue weighted by atomic mass is 19.4. The fourth-order valence-corrected chi connectivity index (χ4v) is 7.81. The van der Waals surface area contributed by atoms with Crippen LogP contribution in [0.15, 0.2) is 84.4 Å². The molecule has 274 valence electrons. The molecule has 10 heteroatoms. The normalized spacial score (nSPS) is 24.0. The van der Waals surface area contributed by atoms with E-state index in [0.29, 0.717) is 55.2 Å². The molecule has 3 aliphatic carbocycles. The van der Waals surface area contributed by atoms with Gasteiger partial charge in [0.15, 0.2) is 5.78 Å². The molecule has 3 aromatic carbocycles. The molecule has 3 aliphatic rings. The molecule has 0 heterocycles. The molecule has 4 atom stereocenters. The first-order chi connectivity index (χ1) is 24.1. The number of benzene rings is 3. The van der Waals surface area contributed by atoms with Gasteiger partial charge in [0.1, 0.15) is 5.75 Å². The van der Waals surface area contributed by atoms with Gasteiger partial charge in [-0.25, -0.2) is 4.79 Å². The molecule has 51 heavy (non-hydrogen) atoms. The summed E-state index contributed by atoms with van der Waals surface area (Å²) in [6.07, 6.45) is 0.636. The maximum absolute atomic E-state index is 14.2. The number of ketones is 1. The summed E-state index contributed by atoms with van der Waals surface area (Å²) in [6.45, 7) is 7.78. The molecule has 1 saturated carbocycles. The summed E-state index contributed by atoms with van der Waals surface area (Å²) in [5.41, 5.74) is 2.34. The minimum absolute atomic E-state index is 0.0334. The Morgan fingerprint density at radius 1 is 1.02 bits per heavy atom. The number of halogens is 3. The number of aliphatic hydroxyl groups is 2. The zero-order chi connectivity index (χ0) is 37.0. The summed E-state index contributed by atoms with van der Waals surface area (Å²) in [5, 5.41) is 26.7. The van der Waals surface area contributed by atoms with E-state index < -0.39 is 29.5 Å². The molecule has 2 bridgehead atoms. The van der Waals surface area contributed by atoms with Crippen molar-refractivity contribution in [3.8, 4) is 5.75 Å². The number of carbonyl (C=O) groups excluding carboxylic acids is 2. The van der Waals surface area contributed by atoms with Crippen molar-refractivity contribution in [2.75, 3.05) is 6.54 Å². The molecule has 0 spiro atoms. The van der Waals surface area contributed by atoms with Crippen molar-refractivity contribution in [3.05, 3.63) is 112 Å². The highest BCUT2D eigenvalue weighted by Gasteiger charge is 2.57. The molecule has 0 unspecified atom stereocenters. The standard InChI is InChI=1S/C41H49F3N2O5/c1-27(2)45-38(49)46(25-29-13-17-33(18-14-29)51-41(42,43)44)26-40(50)22-20-36-34-19-15-30(24-35(34)37(48)31-10-6-5-7-11-31)23-32(47)16-12-28(3)9-8-21-39(36,40)4/h5-7,9-11,13-15,17-19,24,27,32,36,47,50H,8,12,16,20-23,25-26H2,1-4H3,(H,45,49)/t32-,36-,39-,40+/m0/s1. The van der Waals surface area contributed by atoms with Crippen molar-refractivity contribution in [2.24, 2.45) is 5.41 Å².